The van der Waals surface area contributed by atoms with E-state index >= 15 is 0 Å². The second-order valence-corrected chi connectivity index (χ2v) is 6.48. The Balaban J connectivity index is 1.84. The standard InChI is InChI=1S/C12H11N5O2S2/c1-2-5-17-15-11(14-16-17)21-12-13-8-4-3-7(10(18)19)6-9(8)20-12/h3-4,6H,2,5H2,1H3,(H,18,19). The summed E-state index contributed by atoms with van der Waals surface area (Å²) in [5.41, 5.74) is 1.03. The number of thiazole rings is 1. The third kappa shape index (κ3) is 3.03. The van der Waals surface area contributed by atoms with Gasteiger partial charge in [-0.3, -0.25) is 0 Å². The number of fused-ring (bicyclic) bond motifs is 1. The Kier molecular flexibility index (Phi) is 3.84. The molecule has 0 bridgehead atoms. The van der Waals surface area contributed by atoms with Gasteiger partial charge in [0.2, 0.25) is 5.16 Å². The third-order valence-electron chi connectivity index (χ3n) is 2.65. The Bertz CT molecular complexity index is 798. The first-order valence-corrected chi connectivity index (χ1v) is 7.88. The molecule has 0 unspecified atom stereocenters. The Hall–Kier alpha value is -2.00. The number of hydrogen-bond acceptors (Lipinski definition) is 7. The van der Waals surface area contributed by atoms with E-state index in [1.165, 1.54) is 23.1 Å². The van der Waals surface area contributed by atoms with E-state index in [0.717, 1.165) is 27.5 Å². The van der Waals surface area contributed by atoms with Crippen molar-refractivity contribution in [2.45, 2.75) is 29.4 Å². The Morgan fingerprint density at radius 2 is 2.33 bits per heavy atom. The summed E-state index contributed by atoms with van der Waals surface area (Å²) >= 11 is 2.75. The largest absolute Gasteiger partial charge is 0.478 e. The molecule has 9 heteroatoms. The topological polar surface area (TPSA) is 93.8 Å². The molecular formula is C12H11N5O2S2. The SMILES string of the molecule is CCCn1nnc(Sc2nc3ccc(C(=O)O)cc3s2)n1. The highest BCUT2D eigenvalue weighted by Crippen LogP contribution is 2.32. The Labute approximate surface area is 128 Å². The van der Waals surface area contributed by atoms with Crippen LogP contribution in [0.5, 0.6) is 0 Å². The van der Waals surface area contributed by atoms with Gasteiger partial charge in [0, 0.05) is 0 Å². The number of aromatic carboxylic acids is 1. The maximum atomic E-state index is 11.0. The van der Waals surface area contributed by atoms with Gasteiger partial charge >= 0.3 is 5.97 Å². The monoisotopic (exact) mass is 321 g/mol. The van der Waals surface area contributed by atoms with E-state index in [1.54, 1.807) is 23.0 Å². The van der Waals surface area contributed by atoms with E-state index in [4.69, 9.17) is 5.11 Å². The van der Waals surface area contributed by atoms with Crippen LogP contribution in [0, 0.1) is 0 Å². The average molecular weight is 321 g/mol. The Morgan fingerprint density at radius 1 is 1.48 bits per heavy atom. The van der Waals surface area contributed by atoms with Crippen LogP contribution in [0.4, 0.5) is 0 Å². The number of nitrogens with zero attached hydrogens (tertiary/aromatic N) is 5. The zero-order chi connectivity index (χ0) is 14.8. The number of aromatic nitrogens is 5. The summed E-state index contributed by atoms with van der Waals surface area (Å²) < 4.78 is 1.60. The summed E-state index contributed by atoms with van der Waals surface area (Å²) in [6, 6.07) is 4.88. The summed E-state index contributed by atoms with van der Waals surface area (Å²) in [5.74, 6) is -0.941. The fraction of sp³-hybridized carbons (Fsp3) is 0.250. The van der Waals surface area contributed by atoms with Crippen LogP contribution in [0.25, 0.3) is 10.2 Å². The first-order valence-electron chi connectivity index (χ1n) is 6.25. The van der Waals surface area contributed by atoms with Gasteiger partial charge < -0.3 is 5.11 Å². The minimum Gasteiger partial charge on any atom is -0.478 e. The molecule has 0 fully saturated rings. The van der Waals surface area contributed by atoms with Gasteiger partial charge in [-0.1, -0.05) is 6.92 Å². The molecule has 108 valence electrons. The van der Waals surface area contributed by atoms with E-state index in [-0.39, 0.29) is 5.56 Å². The van der Waals surface area contributed by atoms with Crippen LogP contribution in [0.2, 0.25) is 0 Å². The molecule has 3 rings (SSSR count). The molecule has 1 aromatic carbocycles. The van der Waals surface area contributed by atoms with Crippen molar-refractivity contribution in [3.8, 4) is 0 Å². The first kappa shape index (κ1) is 14.0. The fourth-order valence-electron chi connectivity index (χ4n) is 1.72. The summed E-state index contributed by atoms with van der Waals surface area (Å²) in [4.78, 5) is 16.9. The van der Waals surface area contributed by atoms with Crippen molar-refractivity contribution in [3.63, 3.8) is 0 Å². The molecule has 0 aliphatic heterocycles. The number of benzene rings is 1. The highest BCUT2D eigenvalue weighted by atomic mass is 32.2. The van der Waals surface area contributed by atoms with Crippen molar-refractivity contribution >= 4 is 39.3 Å². The van der Waals surface area contributed by atoms with Gasteiger partial charge in [-0.15, -0.1) is 21.5 Å². The fourth-order valence-corrected chi connectivity index (χ4v) is 3.63. The highest BCUT2D eigenvalue weighted by molar-refractivity contribution is 8.01. The second kappa shape index (κ2) is 5.78. The molecule has 0 saturated carbocycles. The molecule has 0 saturated heterocycles. The summed E-state index contributed by atoms with van der Waals surface area (Å²) in [6.45, 7) is 2.78. The molecule has 2 aromatic heterocycles. The van der Waals surface area contributed by atoms with Crippen molar-refractivity contribution in [2.75, 3.05) is 0 Å². The van der Waals surface area contributed by atoms with Gasteiger partial charge in [0.1, 0.15) is 0 Å². The predicted molar refractivity (Wildman–Crippen MR) is 78.8 cm³/mol. The van der Waals surface area contributed by atoms with Crippen molar-refractivity contribution in [2.24, 2.45) is 0 Å². The molecule has 0 atom stereocenters. The minimum atomic E-state index is -0.941. The lowest BCUT2D eigenvalue weighted by molar-refractivity contribution is 0.0697. The van der Waals surface area contributed by atoms with Gasteiger partial charge in [-0.05, 0) is 41.6 Å². The second-order valence-electron chi connectivity index (χ2n) is 4.24. The number of tetrazole rings is 1. The molecule has 0 radical (unpaired) electrons. The van der Waals surface area contributed by atoms with Crippen LogP contribution < -0.4 is 0 Å². The van der Waals surface area contributed by atoms with Gasteiger partial charge in [0.15, 0.2) is 4.34 Å². The molecule has 1 N–H and O–H groups in total. The molecule has 7 nitrogen and oxygen atoms in total. The van der Waals surface area contributed by atoms with E-state index in [1.807, 2.05) is 6.92 Å². The van der Waals surface area contributed by atoms with Crippen LogP contribution in [0.15, 0.2) is 27.7 Å². The van der Waals surface area contributed by atoms with Crippen molar-refractivity contribution < 1.29 is 9.90 Å². The molecule has 2 heterocycles. The number of hydrogen-bond donors (Lipinski definition) is 1. The number of aryl methyl sites for hydroxylation is 1. The van der Waals surface area contributed by atoms with Crippen LogP contribution in [-0.2, 0) is 6.54 Å². The van der Waals surface area contributed by atoms with E-state index < -0.39 is 5.97 Å². The van der Waals surface area contributed by atoms with Crippen LogP contribution in [-0.4, -0.2) is 36.3 Å². The minimum absolute atomic E-state index is 0.259. The summed E-state index contributed by atoms with van der Waals surface area (Å²) in [7, 11) is 0. The van der Waals surface area contributed by atoms with Crippen molar-refractivity contribution in [1.29, 1.82) is 0 Å². The van der Waals surface area contributed by atoms with Gasteiger partial charge in [-0.2, -0.15) is 4.80 Å². The summed E-state index contributed by atoms with van der Waals surface area (Å²) in [6.07, 6.45) is 0.944. The van der Waals surface area contributed by atoms with Crippen LogP contribution in [0.1, 0.15) is 23.7 Å². The molecule has 0 spiro atoms. The van der Waals surface area contributed by atoms with E-state index in [2.05, 4.69) is 20.4 Å². The molecular weight excluding hydrogens is 310 g/mol. The third-order valence-corrected chi connectivity index (χ3v) is 4.58. The maximum absolute atomic E-state index is 11.0. The Morgan fingerprint density at radius 3 is 3.10 bits per heavy atom. The van der Waals surface area contributed by atoms with Gasteiger partial charge in [0.25, 0.3) is 0 Å². The normalized spacial score (nSPS) is 11.1. The maximum Gasteiger partial charge on any atom is 0.335 e. The smallest absolute Gasteiger partial charge is 0.335 e. The lowest BCUT2D eigenvalue weighted by Gasteiger charge is -1.91. The van der Waals surface area contributed by atoms with E-state index in [0.29, 0.717) is 5.16 Å². The lowest BCUT2D eigenvalue weighted by atomic mass is 10.2. The van der Waals surface area contributed by atoms with Crippen LogP contribution in [0.3, 0.4) is 0 Å². The molecule has 3 aromatic rings. The van der Waals surface area contributed by atoms with E-state index in [9.17, 15) is 4.79 Å². The number of rotatable bonds is 5. The molecule has 0 aliphatic carbocycles. The molecule has 0 aliphatic rings. The lowest BCUT2D eigenvalue weighted by Crippen LogP contribution is -2.00. The van der Waals surface area contributed by atoms with Crippen molar-refractivity contribution in [1.82, 2.24) is 25.2 Å². The first-order chi connectivity index (χ1) is 10.2. The zero-order valence-corrected chi connectivity index (χ0v) is 12.7. The van der Waals surface area contributed by atoms with Crippen LogP contribution >= 0.6 is 23.1 Å². The van der Waals surface area contributed by atoms with Gasteiger partial charge in [-0.25, -0.2) is 9.78 Å². The summed E-state index contributed by atoms with van der Waals surface area (Å²) in [5, 5.41) is 21.7. The zero-order valence-electron chi connectivity index (χ0n) is 11.1. The predicted octanol–water partition coefficient (Wildman–Crippen LogP) is 2.54. The van der Waals surface area contributed by atoms with Crippen molar-refractivity contribution in [3.05, 3.63) is 23.8 Å². The highest BCUT2D eigenvalue weighted by Gasteiger charge is 2.11. The number of carbonyl (C=O) groups is 1. The average Bonchev–Trinajstić information content (AvgIpc) is 3.04. The molecule has 21 heavy (non-hydrogen) atoms. The van der Waals surface area contributed by atoms with Gasteiger partial charge in [0.05, 0.1) is 22.3 Å². The molecule has 0 amide bonds. The number of carboxylic acids is 1. The number of carboxylic acid groups (broad SMARTS) is 1. The quantitative estimate of drug-likeness (QED) is 0.771.